The van der Waals surface area contributed by atoms with Gasteiger partial charge in [-0.25, -0.2) is 4.79 Å². The Kier molecular flexibility index (Phi) is 4.85. The highest BCUT2D eigenvalue weighted by molar-refractivity contribution is 8.27. The van der Waals surface area contributed by atoms with Gasteiger partial charge in [0.1, 0.15) is 0 Å². The van der Waals surface area contributed by atoms with Gasteiger partial charge in [-0.1, -0.05) is 42.2 Å². The van der Waals surface area contributed by atoms with E-state index < -0.39 is 5.97 Å². The second-order valence-corrected chi connectivity index (χ2v) is 7.68. The quantitative estimate of drug-likeness (QED) is 0.508. The lowest BCUT2D eigenvalue weighted by atomic mass is 10.2. The summed E-state index contributed by atoms with van der Waals surface area (Å²) in [6, 6.07) is 19.6. The van der Waals surface area contributed by atoms with Crippen LogP contribution < -0.4 is 4.90 Å². The van der Waals surface area contributed by atoms with E-state index >= 15 is 0 Å². The average Bonchev–Trinajstić information content (AvgIpc) is 3.27. The minimum absolute atomic E-state index is 0.157. The number of thiocarbonyl (C=S) groups is 1. The summed E-state index contributed by atoms with van der Waals surface area (Å²) >= 11 is 6.67. The Morgan fingerprint density at radius 1 is 0.964 bits per heavy atom. The van der Waals surface area contributed by atoms with Crippen LogP contribution in [0.25, 0.3) is 11.8 Å². The molecule has 7 heteroatoms. The summed E-state index contributed by atoms with van der Waals surface area (Å²) in [7, 11) is 0. The van der Waals surface area contributed by atoms with Crippen molar-refractivity contribution in [2.75, 3.05) is 4.90 Å². The van der Waals surface area contributed by atoms with Crippen LogP contribution in [0.5, 0.6) is 0 Å². The molecule has 5 nitrogen and oxygen atoms in total. The number of para-hydroxylation sites is 1. The molecule has 0 unspecified atom stereocenters. The molecule has 0 bridgehead atoms. The largest absolute Gasteiger partial charge is 0.478 e. The second kappa shape index (κ2) is 7.46. The predicted molar refractivity (Wildman–Crippen MR) is 115 cm³/mol. The smallest absolute Gasteiger partial charge is 0.335 e. The number of thioether (sulfide) groups is 1. The number of hydrogen-bond donors (Lipinski definition) is 1. The zero-order chi connectivity index (χ0) is 19.7. The lowest BCUT2D eigenvalue weighted by Crippen LogP contribution is -2.27. The molecule has 0 aliphatic carbocycles. The number of hydrogen-bond acceptors (Lipinski definition) is 4. The molecule has 1 saturated heterocycles. The first kappa shape index (κ1) is 18.2. The monoisotopic (exact) mass is 406 g/mol. The zero-order valence-corrected chi connectivity index (χ0v) is 16.1. The fraction of sp³-hybridized carbons (Fsp3) is 0. The van der Waals surface area contributed by atoms with E-state index in [1.165, 1.54) is 16.7 Å². The molecule has 1 N–H and O–H groups in total. The molecule has 28 heavy (non-hydrogen) atoms. The number of carbonyl (C=O) groups excluding carboxylic acids is 1. The number of carboxylic acids is 1. The van der Waals surface area contributed by atoms with Crippen LogP contribution in [-0.4, -0.2) is 25.9 Å². The first-order valence-corrected chi connectivity index (χ1v) is 9.61. The molecule has 1 aliphatic heterocycles. The lowest BCUT2D eigenvalue weighted by Gasteiger charge is -2.13. The summed E-state index contributed by atoms with van der Waals surface area (Å²) in [5, 5.41) is 9.05. The highest BCUT2D eigenvalue weighted by Gasteiger charge is 2.33. The Balaban J connectivity index is 1.66. The van der Waals surface area contributed by atoms with Crippen LogP contribution in [0.2, 0.25) is 0 Å². The maximum absolute atomic E-state index is 12.9. The number of carbonyl (C=O) groups is 2. The number of nitrogens with zero attached hydrogens (tertiary/aromatic N) is 2. The van der Waals surface area contributed by atoms with Crippen molar-refractivity contribution in [1.82, 2.24) is 4.57 Å². The SMILES string of the molecule is O=C(O)c1ccc(-n2cccc2/C=C2\SC(=S)N(c3ccccc3)C2=O)cc1. The number of rotatable bonds is 4. The molecule has 0 saturated carbocycles. The van der Waals surface area contributed by atoms with Gasteiger partial charge >= 0.3 is 5.97 Å². The average molecular weight is 406 g/mol. The van der Waals surface area contributed by atoms with Crippen molar-refractivity contribution >= 4 is 51.9 Å². The van der Waals surface area contributed by atoms with Crippen LogP contribution in [0, 0.1) is 0 Å². The minimum Gasteiger partial charge on any atom is -0.478 e. The van der Waals surface area contributed by atoms with Gasteiger partial charge in [-0.05, 0) is 54.6 Å². The van der Waals surface area contributed by atoms with E-state index in [0.717, 1.165) is 17.1 Å². The number of aromatic nitrogens is 1. The van der Waals surface area contributed by atoms with Crippen molar-refractivity contribution in [3.63, 3.8) is 0 Å². The van der Waals surface area contributed by atoms with Gasteiger partial charge in [-0.3, -0.25) is 9.69 Å². The number of amides is 1. The van der Waals surface area contributed by atoms with Gasteiger partial charge in [-0.15, -0.1) is 0 Å². The van der Waals surface area contributed by atoms with Crippen molar-refractivity contribution in [3.05, 3.63) is 89.1 Å². The molecule has 3 aromatic rings. The van der Waals surface area contributed by atoms with E-state index in [1.54, 1.807) is 30.3 Å². The molecule has 0 spiro atoms. The zero-order valence-electron chi connectivity index (χ0n) is 14.5. The van der Waals surface area contributed by atoms with E-state index in [9.17, 15) is 9.59 Å². The van der Waals surface area contributed by atoms with Gasteiger partial charge in [0.15, 0.2) is 4.32 Å². The van der Waals surface area contributed by atoms with E-state index in [-0.39, 0.29) is 11.5 Å². The molecule has 2 aromatic carbocycles. The van der Waals surface area contributed by atoms with Crippen LogP contribution >= 0.6 is 24.0 Å². The van der Waals surface area contributed by atoms with Gasteiger partial charge in [-0.2, -0.15) is 0 Å². The summed E-state index contributed by atoms with van der Waals surface area (Å²) in [4.78, 5) is 26.0. The third-order valence-electron chi connectivity index (χ3n) is 4.26. The van der Waals surface area contributed by atoms with Crippen LogP contribution in [0.4, 0.5) is 5.69 Å². The van der Waals surface area contributed by atoms with E-state index in [4.69, 9.17) is 17.3 Å². The fourth-order valence-corrected chi connectivity index (χ4v) is 4.20. The Morgan fingerprint density at radius 3 is 2.36 bits per heavy atom. The third-order valence-corrected chi connectivity index (χ3v) is 5.56. The van der Waals surface area contributed by atoms with Crippen LogP contribution in [0.3, 0.4) is 0 Å². The van der Waals surface area contributed by atoms with Crippen molar-refractivity contribution in [2.24, 2.45) is 0 Å². The normalized spacial score (nSPS) is 15.4. The van der Waals surface area contributed by atoms with Gasteiger partial charge < -0.3 is 9.67 Å². The fourth-order valence-electron chi connectivity index (χ4n) is 2.91. The number of aromatic carboxylic acids is 1. The van der Waals surface area contributed by atoms with E-state index in [2.05, 4.69) is 0 Å². The van der Waals surface area contributed by atoms with Crippen LogP contribution in [-0.2, 0) is 4.79 Å². The summed E-state index contributed by atoms with van der Waals surface area (Å²) in [5.41, 5.74) is 2.57. The highest BCUT2D eigenvalue weighted by Crippen LogP contribution is 2.36. The van der Waals surface area contributed by atoms with Gasteiger partial charge in [0.25, 0.3) is 5.91 Å². The van der Waals surface area contributed by atoms with Gasteiger partial charge in [0.05, 0.1) is 16.2 Å². The van der Waals surface area contributed by atoms with Gasteiger partial charge in [0, 0.05) is 17.6 Å². The number of anilines is 1. The van der Waals surface area contributed by atoms with Gasteiger partial charge in [0.2, 0.25) is 0 Å². The molecule has 1 fully saturated rings. The molecule has 1 aliphatic rings. The number of carboxylic acid groups (broad SMARTS) is 1. The predicted octanol–water partition coefficient (Wildman–Crippen LogP) is 4.58. The molecule has 1 aromatic heterocycles. The van der Waals surface area contributed by atoms with Crippen LogP contribution in [0.15, 0.2) is 77.8 Å². The number of benzene rings is 2. The maximum Gasteiger partial charge on any atom is 0.335 e. The molecule has 138 valence electrons. The van der Waals surface area contributed by atoms with E-state index in [1.807, 2.05) is 53.2 Å². The highest BCUT2D eigenvalue weighted by atomic mass is 32.2. The minimum atomic E-state index is -0.969. The summed E-state index contributed by atoms with van der Waals surface area (Å²) in [5.74, 6) is -1.13. The first-order chi connectivity index (χ1) is 13.5. The van der Waals surface area contributed by atoms with Crippen molar-refractivity contribution in [2.45, 2.75) is 0 Å². The molecule has 0 atom stereocenters. The maximum atomic E-state index is 12.9. The Bertz CT molecular complexity index is 1100. The Hall–Kier alpha value is -3.16. The molecule has 1 amide bonds. The van der Waals surface area contributed by atoms with Crippen molar-refractivity contribution in [1.29, 1.82) is 0 Å². The summed E-state index contributed by atoms with van der Waals surface area (Å²) in [6.07, 6.45) is 3.66. The van der Waals surface area contributed by atoms with Crippen molar-refractivity contribution in [3.8, 4) is 5.69 Å². The third kappa shape index (κ3) is 3.37. The van der Waals surface area contributed by atoms with Crippen LogP contribution in [0.1, 0.15) is 16.1 Å². The van der Waals surface area contributed by atoms with E-state index in [0.29, 0.717) is 9.23 Å². The molecule has 0 radical (unpaired) electrons. The second-order valence-electron chi connectivity index (χ2n) is 6.01. The molecular weight excluding hydrogens is 392 g/mol. The summed E-state index contributed by atoms with van der Waals surface area (Å²) in [6.45, 7) is 0. The Labute approximate surface area is 170 Å². The molecule has 4 rings (SSSR count). The Morgan fingerprint density at radius 2 is 1.68 bits per heavy atom. The first-order valence-electron chi connectivity index (χ1n) is 8.39. The van der Waals surface area contributed by atoms with Crippen molar-refractivity contribution < 1.29 is 14.7 Å². The standard InChI is InChI=1S/C21H14N2O3S2/c24-19-18(28-21(27)23(19)16-5-2-1-3-6-16)13-17-7-4-12-22(17)15-10-8-14(9-11-15)20(25)26/h1-13H,(H,25,26)/b18-13-. The lowest BCUT2D eigenvalue weighted by molar-refractivity contribution is -0.113. The molecular formula is C21H14N2O3S2. The topological polar surface area (TPSA) is 62.5 Å². The molecule has 2 heterocycles. The summed E-state index contributed by atoms with van der Waals surface area (Å²) < 4.78 is 2.38.